The number of rotatable bonds is 7. The van der Waals surface area contributed by atoms with Gasteiger partial charge in [0, 0.05) is 42.7 Å². The number of thiazole rings is 1. The van der Waals surface area contributed by atoms with Gasteiger partial charge in [-0.05, 0) is 53.8 Å². The van der Waals surface area contributed by atoms with Gasteiger partial charge in [-0.15, -0.1) is 11.3 Å². The van der Waals surface area contributed by atoms with E-state index in [1.807, 2.05) is 29.6 Å². The number of carbonyl (C=O) groups excluding carboxylic acids is 1. The molecule has 0 aliphatic carbocycles. The van der Waals surface area contributed by atoms with E-state index in [9.17, 15) is 9.18 Å². The van der Waals surface area contributed by atoms with Crippen LogP contribution in [0.15, 0.2) is 53.9 Å². The molecule has 3 aromatic rings. The summed E-state index contributed by atoms with van der Waals surface area (Å²) in [5, 5.41) is 2.58. The molecule has 0 spiro atoms. The van der Waals surface area contributed by atoms with Gasteiger partial charge < -0.3 is 4.74 Å². The van der Waals surface area contributed by atoms with Crippen molar-refractivity contribution in [2.75, 3.05) is 44.3 Å². The van der Waals surface area contributed by atoms with Gasteiger partial charge in [-0.3, -0.25) is 14.6 Å². The second kappa shape index (κ2) is 10.8. The summed E-state index contributed by atoms with van der Waals surface area (Å²) >= 11 is 1.44. The Kier molecular flexibility index (Phi) is 7.76. The Morgan fingerprint density at radius 1 is 1.09 bits per heavy atom. The number of benzene rings is 2. The first kappa shape index (κ1) is 24.5. The lowest BCUT2D eigenvalue weighted by molar-refractivity contribution is 0.0376. The van der Waals surface area contributed by atoms with Crippen LogP contribution in [0.1, 0.15) is 43.1 Å². The predicted molar refractivity (Wildman–Crippen MR) is 136 cm³/mol. The molecule has 0 saturated carbocycles. The average Bonchev–Trinajstić information content (AvgIpc) is 3.32. The molecule has 0 atom stereocenters. The Bertz CT molecular complexity index is 1080. The number of carbonyl (C=O) groups is 1. The zero-order valence-electron chi connectivity index (χ0n) is 20.1. The molecule has 1 aliphatic rings. The molecule has 1 amide bonds. The zero-order valence-corrected chi connectivity index (χ0v) is 20.9. The fraction of sp³-hybridized carbons (Fsp3) is 0.407. The summed E-state index contributed by atoms with van der Waals surface area (Å²) in [6.07, 6.45) is 0.845. The summed E-state index contributed by atoms with van der Waals surface area (Å²) in [4.78, 5) is 22.5. The Balaban J connectivity index is 1.55. The highest BCUT2D eigenvalue weighted by atomic mass is 32.1. The summed E-state index contributed by atoms with van der Waals surface area (Å²) < 4.78 is 18.8. The molecular formula is C27H32FN3O2S. The van der Waals surface area contributed by atoms with Crippen LogP contribution < -0.4 is 4.90 Å². The van der Waals surface area contributed by atoms with Crippen molar-refractivity contribution in [3.63, 3.8) is 0 Å². The Hall–Kier alpha value is -2.61. The van der Waals surface area contributed by atoms with Crippen LogP contribution in [0.5, 0.6) is 0 Å². The molecular weight excluding hydrogens is 449 g/mol. The number of aromatic nitrogens is 1. The van der Waals surface area contributed by atoms with Crippen LogP contribution in [-0.2, 0) is 10.2 Å². The molecule has 4 rings (SSSR count). The third-order valence-corrected chi connectivity index (χ3v) is 6.93. The van der Waals surface area contributed by atoms with Crippen molar-refractivity contribution in [3.8, 4) is 11.3 Å². The zero-order chi connectivity index (χ0) is 24.1. The van der Waals surface area contributed by atoms with Gasteiger partial charge in [0.25, 0.3) is 5.91 Å². The third-order valence-electron chi connectivity index (χ3n) is 6.07. The molecule has 0 unspecified atom stereocenters. The number of ether oxygens (including phenoxy) is 1. The Morgan fingerprint density at radius 3 is 2.41 bits per heavy atom. The summed E-state index contributed by atoms with van der Waals surface area (Å²) in [7, 11) is 0. The van der Waals surface area contributed by atoms with Gasteiger partial charge in [-0.1, -0.05) is 32.9 Å². The highest BCUT2D eigenvalue weighted by Crippen LogP contribution is 2.29. The second-order valence-corrected chi connectivity index (χ2v) is 10.5. The standard InChI is InChI=1S/C27H32FN3O2S/c1-27(2,3)22-9-5-21(6-10-22)25(32)31(14-4-13-30-15-17-33-18-16-30)26-29-24(19-34-26)20-7-11-23(28)12-8-20/h5-12,19H,4,13-18H2,1-3H3. The number of hydrogen-bond acceptors (Lipinski definition) is 5. The lowest BCUT2D eigenvalue weighted by atomic mass is 9.86. The molecule has 180 valence electrons. The van der Waals surface area contributed by atoms with E-state index >= 15 is 0 Å². The lowest BCUT2D eigenvalue weighted by Crippen LogP contribution is -2.39. The second-order valence-electron chi connectivity index (χ2n) is 9.61. The van der Waals surface area contributed by atoms with Crippen LogP contribution in [0.25, 0.3) is 11.3 Å². The molecule has 34 heavy (non-hydrogen) atoms. The maximum Gasteiger partial charge on any atom is 0.260 e. The Labute approximate surface area is 205 Å². The molecule has 5 nitrogen and oxygen atoms in total. The first-order valence-electron chi connectivity index (χ1n) is 11.8. The van der Waals surface area contributed by atoms with E-state index < -0.39 is 0 Å². The third kappa shape index (κ3) is 6.09. The normalized spacial score (nSPS) is 14.8. The van der Waals surface area contributed by atoms with Gasteiger partial charge in [0.15, 0.2) is 5.13 Å². The molecule has 1 aromatic heterocycles. The van der Waals surface area contributed by atoms with Gasteiger partial charge in [0.05, 0.1) is 18.9 Å². The minimum atomic E-state index is -0.280. The van der Waals surface area contributed by atoms with E-state index in [4.69, 9.17) is 9.72 Å². The number of hydrogen-bond donors (Lipinski definition) is 0. The van der Waals surface area contributed by atoms with Crippen LogP contribution in [0.4, 0.5) is 9.52 Å². The molecule has 1 aliphatic heterocycles. The van der Waals surface area contributed by atoms with Gasteiger partial charge >= 0.3 is 0 Å². The van der Waals surface area contributed by atoms with Crippen molar-refractivity contribution in [1.82, 2.24) is 9.88 Å². The van der Waals surface area contributed by atoms with E-state index in [1.54, 1.807) is 17.0 Å². The van der Waals surface area contributed by atoms with E-state index in [-0.39, 0.29) is 17.1 Å². The summed E-state index contributed by atoms with van der Waals surface area (Å²) in [5.74, 6) is -0.333. The quantitative estimate of drug-likeness (QED) is 0.440. The van der Waals surface area contributed by atoms with Crippen LogP contribution in [0.3, 0.4) is 0 Å². The van der Waals surface area contributed by atoms with Gasteiger partial charge in [0.1, 0.15) is 5.82 Å². The minimum absolute atomic E-state index is 0.0266. The van der Waals surface area contributed by atoms with Gasteiger partial charge in [-0.2, -0.15) is 0 Å². The van der Waals surface area contributed by atoms with Crippen molar-refractivity contribution < 1.29 is 13.9 Å². The van der Waals surface area contributed by atoms with Crippen molar-refractivity contribution in [2.24, 2.45) is 0 Å². The number of morpholine rings is 1. The smallest absolute Gasteiger partial charge is 0.260 e. The highest BCUT2D eigenvalue weighted by molar-refractivity contribution is 7.14. The predicted octanol–water partition coefficient (Wildman–Crippen LogP) is 5.62. The molecule has 2 aromatic carbocycles. The first-order chi connectivity index (χ1) is 16.3. The molecule has 0 N–H and O–H groups in total. The van der Waals surface area contributed by atoms with Crippen LogP contribution in [-0.4, -0.2) is 55.2 Å². The molecule has 0 bridgehead atoms. The van der Waals surface area contributed by atoms with E-state index in [0.29, 0.717) is 17.2 Å². The van der Waals surface area contributed by atoms with Crippen molar-refractivity contribution in [1.29, 1.82) is 0 Å². The molecule has 2 heterocycles. The lowest BCUT2D eigenvalue weighted by Gasteiger charge is -2.28. The largest absolute Gasteiger partial charge is 0.379 e. The van der Waals surface area contributed by atoms with Crippen molar-refractivity contribution >= 4 is 22.4 Å². The molecule has 0 radical (unpaired) electrons. The fourth-order valence-corrected chi connectivity index (χ4v) is 4.83. The maximum atomic E-state index is 13.6. The first-order valence-corrected chi connectivity index (χ1v) is 12.6. The molecule has 7 heteroatoms. The van der Waals surface area contributed by atoms with E-state index in [0.717, 1.165) is 50.5 Å². The average molecular weight is 482 g/mol. The topological polar surface area (TPSA) is 45.7 Å². The monoisotopic (exact) mass is 481 g/mol. The van der Waals surface area contributed by atoms with Gasteiger partial charge in [0.2, 0.25) is 0 Å². The highest BCUT2D eigenvalue weighted by Gasteiger charge is 2.23. The van der Waals surface area contributed by atoms with Gasteiger partial charge in [-0.25, -0.2) is 9.37 Å². The maximum absolute atomic E-state index is 13.6. The minimum Gasteiger partial charge on any atom is -0.379 e. The number of anilines is 1. The molecule has 1 saturated heterocycles. The summed E-state index contributed by atoms with van der Waals surface area (Å²) in [6.45, 7) is 11.3. The van der Waals surface area contributed by atoms with Crippen LogP contribution in [0, 0.1) is 5.82 Å². The van der Waals surface area contributed by atoms with Crippen molar-refractivity contribution in [2.45, 2.75) is 32.6 Å². The number of nitrogens with zero attached hydrogens (tertiary/aromatic N) is 3. The fourth-order valence-electron chi connectivity index (χ4n) is 3.97. The van der Waals surface area contributed by atoms with Crippen molar-refractivity contribution in [3.05, 3.63) is 70.9 Å². The summed E-state index contributed by atoms with van der Waals surface area (Å²) in [5.41, 5.74) is 3.44. The van der Waals surface area contributed by atoms with E-state index in [1.165, 1.54) is 29.0 Å². The SMILES string of the molecule is CC(C)(C)c1ccc(C(=O)N(CCCN2CCOCC2)c2nc(-c3ccc(F)cc3)cs2)cc1. The van der Waals surface area contributed by atoms with Crippen LogP contribution >= 0.6 is 11.3 Å². The number of amides is 1. The number of halogens is 1. The van der Waals surface area contributed by atoms with Crippen LogP contribution in [0.2, 0.25) is 0 Å². The molecule has 1 fully saturated rings. The Morgan fingerprint density at radius 2 is 1.76 bits per heavy atom. The summed E-state index contributed by atoms with van der Waals surface area (Å²) in [6, 6.07) is 14.2. The van der Waals surface area contributed by atoms with E-state index in [2.05, 4.69) is 25.7 Å².